The Morgan fingerprint density at radius 3 is 3.22 bits per heavy atom. The molecule has 1 saturated heterocycles. The number of rotatable bonds is 2. The summed E-state index contributed by atoms with van der Waals surface area (Å²) in [6.45, 7) is 3.38. The predicted octanol–water partition coefficient (Wildman–Crippen LogP) is 2.07. The molecule has 2 N–H and O–H groups in total. The fourth-order valence-electron chi connectivity index (χ4n) is 2.35. The van der Waals surface area contributed by atoms with Crippen LogP contribution in [0.15, 0.2) is 11.4 Å². The average Bonchev–Trinajstić information content (AvgIpc) is 3.04. The minimum atomic E-state index is 0.149. The maximum atomic E-state index is 12.4. The van der Waals surface area contributed by atoms with E-state index in [-0.39, 0.29) is 5.91 Å². The fraction of sp³-hybridized carbons (Fsp3) is 0.500. The van der Waals surface area contributed by atoms with Gasteiger partial charge in [-0.2, -0.15) is 0 Å². The smallest absolute Gasteiger partial charge is 0.254 e. The number of hydrogen-bond acceptors (Lipinski definition) is 3. The van der Waals surface area contributed by atoms with Crippen LogP contribution in [0.3, 0.4) is 0 Å². The highest BCUT2D eigenvalue weighted by Gasteiger charge is 2.28. The molecule has 0 spiro atoms. The van der Waals surface area contributed by atoms with E-state index in [1.165, 1.54) is 11.3 Å². The number of nitrogens with zero attached hydrogens (tertiary/aromatic N) is 1. The first-order valence-corrected chi connectivity index (χ1v) is 7.22. The lowest BCUT2D eigenvalue weighted by atomic mass is 10.1. The average molecular weight is 262 g/mol. The first-order chi connectivity index (χ1) is 8.76. The number of thiophene rings is 1. The van der Waals surface area contributed by atoms with Crippen molar-refractivity contribution >= 4 is 17.2 Å². The summed E-state index contributed by atoms with van der Waals surface area (Å²) in [5, 5.41) is 1.90. The summed E-state index contributed by atoms with van der Waals surface area (Å²) in [4.78, 5) is 15.3. The summed E-state index contributed by atoms with van der Waals surface area (Å²) in [5.41, 5.74) is 6.10. The van der Waals surface area contributed by atoms with Crippen molar-refractivity contribution < 1.29 is 4.79 Å². The Kier molecular flexibility index (Phi) is 4.40. The third-order valence-corrected chi connectivity index (χ3v) is 4.11. The standard InChI is InChI=1S/C14H18N2OS/c1-2-12-5-4-8-16(12)14(17)11-9-13(18-10-11)6-3-7-15/h9-10,12H,2,4-5,7-8,15H2,1H3. The van der Waals surface area contributed by atoms with Crippen LogP contribution >= 0.6 is 11.3 Å². The van der Waals surface area contributed by atoms with Crippen molar-refractivity contribution in [2.75, 3.05) is 13.1 Å². The first kappa shape index (κ1) is 13.1. The molecule has 0 saturated carbocycles. The molecule has 96 valence electrons. The van der Waals surface area contributed by atoms with Crippen molar-refractivity contribution in [3.05, 3.63) is 21.9 Å². The minimum Gasteiger partial charge on any atom is -0.336 e. The molecule has 0 aliphatic carbocycles. The SMILES string of the molecule is CCC1CCCN1C(=O)c1csc(C#CCN)c1. The van der Waals surface area contributed by atoms with E-state index in [1.54, 1.807) is 0 Å². The topological polar surface area (TPSA) is 46.3 Å². The third-order valence-electron chi connectivity index (χ3n) is 3.27. The van der Waals surface area contributed by atoms with E-state index in [0.29, 0.717) is 12.6 Å². The molecule has 0 radical (unpaired) electrons. The van der Waals surface area contributed by atoms with Gasteiger partial charge in [-0.05, 0) is 25.3 Å². The van der Waals surface area contributed by atoms with Gasteiger partial charge in [0.05, 0.1) is 17.0 Å². The van der Waals surface area contributed by atoms with E-state index in [0.717, 1.165) is 36.2 Å². The zero-order valence-corrected chi connectivity index (χ0v) is 11.4. The molecule has 1 aliphatic heterocycles. The van der Waals surface area contributed by atoms with Gasteiger partial charge in [0, 0.05) is 18.0 Å². The lowest BCUT2D eigenvalue weighted by Gasteiger charge is -2.23. The molecule has 1 aromatic rings. The van der Waals surface area contributed by atoms with Crippen LogP contribution in [-0.4, -0.2) is 29.9 Å². The van der Waals surface area contributed by atoms with E-state index in [1.807, 2.05) is 16.3 Å². The van der Waals surface area contributed by atoms with Gasteiger partial charge in [-0.15, -0.1) is 11.3 Å². The quantitative estimate of drug-likeness (QED) is 0.829. The van der Waals surface area contributed by atoms with Crippen molar-refractivity contribution in [1.29, 1.82) is 0 Å². The number of likely N-dealkylation sites (tertiary alicyclic amines) is 1. The second-order valence-corrected chi connectivity index (χ2v) is 5.32. The molecule has 2 heterocycles. The first-order valence-electron chi connectivity index (χ1n) is 6.34. The minimum absolute atomic E-state index is 0.149. The molecule has 2 rings (SSSR count). The van der Waals surface area contributed by atoms with Crippen molar-refractivity contribution in [2.45, 2.75) is 32.2 Å². The molecule has 1 fully saturated rings. The molecule has 3 nitrogen and oxygen atoms in total. The van der Waals surface area contributed by atoms with Gasteiger partial charge in [-0.3, -0.25) is 4.79 Å². The second-order valence-electron chi connectivity index (χ2n) is 4.41. The molecule has 1 aliphatic rings. The van der Waals surface area contributed by atoms with Crippen LogP contribution < -0.4 is 5.73 Å². The van der Waals surface area contributed by atoms with Crippen molar-refractivity contribution in [3.63, 3.8) is 0 Å². The Bertz CT molecular complexity index is 483. The number of hydrogen-bond donors (Lipinski definition) is 1. The van der Waals surface area contributed by atoms with Gasteiger partial charge in [0.1, 0.15) is 0 Å². The maximum absolute atomic E-state index is 12.4. The van der Waals surface area contributed by atoms with E-state index >= 15 is 0 Å². The van der Waals surface area contributed by atoms with E-state index < -0.39 is 0 Å². The summed E-state index contributed by atoms with van der Waals surface area (Å²) in [6.07, 6.45) is 3.29. The zero-order valence-electron chi connectivity index (χ0n) is 10.6. The van der Waals surface area contributed by atoms with Crippen LogP contribution in [0.4, 0.5) is 0 Å². The Morgan fingerprint density at radius 2 is 2.50 bits per heavy atom. The van der Waals surface area contributed by atoms with Crippen LogP contribution in [0.2, 0.25) is 0 Å². The predicted molar refractivity (Wildman–Crippen MR) is 74.6 cm³/mol. The zero-order chi connectivity index (χ0) is 13.0. The lowest BCUT2D eigenvalue weighted by Crippen LogP contribution is -2.34. The van der Waals surface area contributed by atoms with Crippen molar-refractivity contribution in [2.24, 2.45) is 5.73 Å². The van der Waals surface area contributed by atoms with Gasteiger partial charge in [0.15, 0.2) is 0 Å². The van der Waals surface area contributed by atoms with Gasteiger partial charge in [0.2, 0.25) is 0 Å². The van der Waals surface area contributed by atoms with Crippen molar-refractivity contribution in [3.8, 4) is 11.8 Å². The molecular formula is C14H18N2OS. The summed E-state index contributed by atoms with van der Waals surface area (Å²) in [7, 11) is 0. The summed E-state index contributed by atoms with van der Waals surface area (Å²) in [6, 6.07) is 2.29. The summed E-state index contributed by atoms with van der Waals surface area (Å²) < 4.78 is 0. The van der Waals surface area contributed by atoms with Gasteiger partial charge in [-0.25, -0.2) is 0 Å². The molecule has 0 aromatic carbocycles. The van der Waals surface area contributed by atoms with E-state index in [9.17, 15) is 4.79 Å². The number of nitrogens with two attached hydrogens (primary N) is 1. The Labute approximate surface area is 112 Å². The molecular weight excluding hydrogens is 244 g/mol. The van der Waals surface area contributed by atoms with Gasteiger partial charge < -0.3 is 10.6 Å². The highest BCUT2D eigenvalue weighted by atomic mass is 32.1. The highest BCUT2D eigenvalue weighted by Crippen LogP contribution is 2.24. The van der Waals surface area contributed by atoms with Crippen LogP contribution in [-0.2, 0) is 0 Å². The van der Waals surface area contributed by atoms with Crippen LogP contribution in [0, 0.1) is 11.8 Å². The lowest BCUT2D eigenvalue weighted by molar-refractivity contribution is 0.0734. The largest absolute Gasteiger partial charge is 0.336 e. The third kappa shape index (κ3) is 2.74. The Hall–Kier alpha value is -1.31. The monoisotopic (exact) mass is 262 g/mol. The van der Waals surface area contributed by atoms with E-state index in [2.05, 4.69) is 18.8 Å². The maximum Gasteiger partial charge on any atom is 0.254 e. The highest BCUT2D eigenvalue weighted by molar-refractivity contribution is 7.10. The molecule has 0 bridgehead atoms. The van der Waals surface area contributed by atoms with Gasteiger partial charge >= 0.3 is 0 Å². The normalized spacial score (nSPS) is 18.6. The fourth-order valence-corrected chi connectivity index (χ4v) is 3.09. The molecule has 18 heavy (non-hydrogen) atoms. The molecule has 1 atom stereocenters. The van der Waals surface area contributed by atoms with Gasteiger partial charge in [0.25, 0.3) is 5.91 Å². The van der Waals surface area contributed by atoms with Crippen LogP contribution in [0.5, 0.6) is 0 Å². The summed E-state index contributed by atoms with van der Waals surface area (Å²) in [5.74, 6) is 5.93. The number of carbonyl (C=O) groups is 1. The van der Waals surface area contributed by atoms with Crippen molar-refractivity contribution in [1.82, 2.24) is 4.90 Å². The molecule has 4 heteroatoms. The van der Waals surface area contributed by atoms with Crippen LogP contribution in [0.25, 0.3) is 0 Å². The number of amides is 1. The number of carbonyl (C=O) groups excluding carboxylic acids is 1. The molecule has 1 unspecified atom stereocenters. The van der Waals surface area contributed by atoms with Crippen LogP contribution in [0.1, 0.15) is 41.4 Å². The van der Waals surface area contributed by atoms with E-state index in [4.69, 9.17) is 5.73 Å². The Morgan fingerprint density at radius 1 is 1.67 bits per heavy atom. The second kappa shape index (κ2) is 6.03. The molecule has 1 amide bonds. The Balaban J connectivity index is 2.11. The van der Waals surface area contributed by atoms with Gasteiger partial charge in [-0.1, -0.05) is 18.8 Å². The molecule has 1 aromatic heterocycles. The summed E-state index contributed by atoms with van der Waals surface area (Å²) >= 11 is 1.51.